The van der Waals surface area contributed by atoms with Crippen LogP contribution in [-0.4, -0.2) is 16.3 Å². The van der Waals surface area contributed by atoms with Gasteiger partial charge in [-0.1, -0.05) is 17.7 Å². The van der Waals surface area contributed by atoms with Gasteiger partial charge in [0.2, 0.25) is 0 Å². The van der Waals surface area contributed by atoms with Crippen molar-refractivity contribution in [3.63, 3.8) is 0 Å². The van der Waals surface area contributed by atoms with Gasteiger partial charge in [-0.2, -0.15) is 0 Å². The maximum absolute atomic E-state index is 11.0. The number of hydrogen-bond acceptors (Lipinski definition) is 3. The number of halogens is 1. The molecule has 1 aromatic heterocycles. The van der Waals surface area contributed by atoms with Gasteiger partial charge >= 0.3 is 0 Å². The predicted molar refractivity (Wildman–Crippen MR) is 69.8 cm³/mol. The van der Waals surface area contributed by atoms with Crippen molar-refractivity contribution in [2.45, 2.75) is 18.8 Å². The van der Waals surface area contributed by atoms with Crippen molar-refractivity contribution in [1.29, 1.82) is 0 Å². The van der Waals surface area contributed by atoms with Gasteiger partial charge in [-0.05, 0) is 30.5 Å². The van der Waals surface area contributed by atoms with Crippen LogP contribution in [0.25, 0.3) is 11.1 Å². The zero-order valence-electron chi connectivity index (χ0n) is 9.64. The predicted octanol–water partition coefficient (Wildman–Crippen LogP) is 3.49. The van der Waals surface area contributed by atoms with Crippen LogP contribution in [0.4, 0.5) is 0 Å². The Labute approximate surface area is 110 Å². The molecule has 1 saturated carbocycles. The molecule has 1 heterocycles. The zero-order valence-corrected chi connectivity index (χ0v) is 10.4. The van der Waals surface area contributed by atoms with E-state index in [4.69, 9.17) is 11.6 Å². The van der Waals surface area contributed by atoms with Crippen molar-refractivity contribution in [1.82, 2.24) is 9.97 Å². The summed E-state index contributed by atoms with van der Waals surface area (Å²) in [6, 6.07) is 5.24. The highest BCUT2D eigenvalue weighted by atomic mass is 35.5. The van der Waals surface area contributed by atoms with E-state index in [-0.39, 0.29) is 0 Å². The van der Waals surface area contributed by atoms with Crippen molar-refractivity contribution in [2.24, 2.45) is 0 Å². The first-order valence-corrected chi connectivity index (χ1v) is 6.23. The van der Waals surface area contributed by atoms with Crippen molar-refractivity contribution in [3.8, 4) is 11.1 Å². The van der Waals surface area contributed by atoms with Crippen LogP contribution < -0.4 is 0 Å². The molecule has 1 aliphatic carbocycles. The number of carbonyl (C=O) groups is 1. The molecule has 1 aliphatic rings. The highest BCUT2D eigenvalue weighted by molar-refractivity contribution is 6.31. The van der Waals surface area contributed by atoms with E-state index in [9.17, 15) is 4.79 Å². The molecule has 90 valence electrons. The lowest BCUT2D eigenvalue weighted by Crippen LogP contribution is -1.94. The molecule has 0 amide bonds. The van der Waals surface area contributed by atoms with Crippen molar-refractivity contribution in [3.05, 3.63) is 47.0 Å². The van der Waals surface area contributed by atoms with Gasteiger partial charge in [-0.25, -0.2) is 9.97 Å². The fourth-order valence-corrected chi connectivity index (χ4v) is 2.10. The minimum absolute atomic E-state index is 0.537. The van der Waals surface area contributed by atoms with Crippen LogP contribution in [0.3, 0.4) is 0 Å². The van der Waals surface area contributed by atoms with Gasteiger partial charge in [-0.3, -0.25) is 4.79 Å². The van der Waals surface area contributed by atoms with Crippen molar-refractivity contribution >= 4 is 17.9 Å². The highest BCUT2D eigenvalue weighted by Crippen LogP contribution is 2.38. The first-order valence-electron chi connectivity index (χ1n) is 5.85. The average Bonchev–Trinajstić information content (AvgIpc) is 3.23. The SMILES string of the molecule is O=Cc1cc(Cl)ccc1-c1cnc(C2CC2)nc1. The minimum Gasteiger partial charge on any atom is -0.298 e. The molecule has 0 unspecified atom stereocenters. The summed E-state index contributed by atoms with van der Waals surface area (Å²) >= 11 is 5.87. The van der Waals surface area contributed by atoms with E-state index in [0.717, 1.165) is 23.2 Å². The van der Waals surface area contributed by atoms with E-state index < -0.39 is 0 Å². The number of aldehydes is 1. The van der Waals surface area contributed by atoms with E-state index in [2.05, 4.69) is 9.97 Å². The van der Waals surface area contributed by atoms with Crippen LogP contribution in [0.2, 0.25) is 5.02 Å². The number of rotatable bonds is 3. The molecule has 0 aliphatic heterocycles. The third-order valence-corrected chi connectivity index (χ3v) is 3.30. The van der Waals surface area contributed by atoms with Gasteiger partial charge in [0.05, 0.1) is 0 Å². The number of nitrogens with zero attached hydrogens (tertiary/aromatic N) is 2. The lowest BCUT2D eigenvalue weighted by molar-refractivity contribution is 0.112. The van der Waals surface area contributed by atoms with Crippen LogP contribution in [0, 0.1) is 0 Å². The Morgan fingerprint density at radius 1 is 1.22 bits per heavy atom. The fourth-order valence-electron chi connectivity index (χ4n) is 1.92. The average molecular weight is 259 g/mol. The molecule has 1 aromatic carbocycles. The maximum atomic E-state index is 11.0. The smallest absolute Gasteiger partial charge is 0.150 e. The van der Waals surface area contributed by atoms with Gasteiger partial charge in [0.25, 0.3) is 0 Å². The lowest BCUT2D eigenvalue weighted by Gasteiger charge is -2.05. The second-order valence-corrected chi connectivity index (χ2v) is 4.89. The quantitative estimate of drug-likeness (QED) is 0.792. The number of benzene rings is 1. The summed E-state index contributed by atoms with van der Waals surface area (Å²) in [5, 5.41) is 0.552. The molecule has 3 rings (SSSR count). The molecule has 2 aromatic rings. The third-order valence-electron chi connectivity index (χ3n) is 3.07. The second-order valence-electron chi connectivity index (χ2n) is 4.45. The second kappa shape index (κ2) is 4.50. The molecule has 1 fully saturated rings. The minimum atomic E-state index is 0.537. The van der Waals surface area contributed by atoms with E-state index in [1.807, 2.05) is 6.07 Å². The Morgan fingerprint density at radius 2 is 1.94 bits per heavy atom. The third kappa shape index (κ3) is 2.14. The number of carbonyl (C=O) groups excluding carboxylic acids is 1. The van der Waals surface area contributed by atoms with E-state index in [1.165, 1.54) is 12.8 Å². The van der Waals surface area contributed by atoms with Crippen molar-refractivity contribution < 1.29 is 4.79 Å². The topological polar surface area (TPSA) is 42.9 Å². The van der Waals surface area contributed by atoms with Crippen LogP contribution in [0.1, 0.15) is 34.9 Å². The summed E-state index contributed by atoms with van der Waals surface area (Å²) in [5.74, 6) is 1.44. The molecule has 4 heteroatoms. The molecule has 0 N–H and O–H groups in total. The zero-order chi connectivity index (χ0) is 12.5. The summed E-state index contributed by atoms with van der Waals surface area (Å²) in [4.78, 5) is 19.7. The Morgan fingerprint density at radius 3 is 2.56 bits per heavy atom. The molecule has 0 bridgehead atoms. The summed E-state index contributed by atoms with van der Waals surface area (Å²) in [6.45, 7) is 0. The summed E-state index contributed by atoms with van der Waals surface area (Å²) in [7, 11) is 0. The summed E-state index contributed by atoms with van der Waals surface area (Å²) < 4.78 is 0. The van der Waals surface area contributed by atoms with Crippen LogP contribution in [-0.2, 0) is 0 Å². The Kier molecular flexibility index (Phi) is 2.84. The normalized spacial score (nSPS) is 14.5. The monoisotopic (exact) mass is 258 g/mol. The molecule has 0 radical (unpaired) electrons. The van der Waals surface area contributed by atoms with Gasteiger partial charge in [0, 0.05) is 34.5 Å². The molecular weight excluding hydrogens is 248 g/mol. The van der Waals surface area contributed by atoms with Gasteiger partial charge < -0.3 is 0 Å². The standard InChI is InChI=1S/C14H11ClN2O/c15-12-3-4-13(10(5-12)8-18)11-6-16-14(17-7-11)9-1-2-9/h3-9H,1-2H2. The first kappa shape index (κ1) is 11.4. The van der Waals surface area contributed by atoms with Gasteiger partial charge in [0.15, 0.2) is 6.29 Å². The Bertz CT molecular complexity index is 591. The molecule has 0 atom stereocenters. The van der Waals surface area contributed by atoms with Gasteiger partial charge in [-0.15, -0.1) is 0 Å². The van der Waals surface area contributed by atoms with E-state index in [1.54, 1.807) is 24.5 Å². The fraction of sp³-hybridized carbons (Fsp3) is 0.214. The molecular formula is C14H11ClN2O. The lowest BCUT2D eigenvalue weighted by atomic mass is 10.0. The molecule has 0 spiro atoms. The van der Waals surface area contributed by atoms with Crippen LogP contribution >= 0.6 is 11.6 Å². The first-order chi connectivity index (χ1) is 8.78. The summed E-state index contributed by atoms with van der Waals surface area (Å²) in [5.41, 5.74) is 2.22. The number of aromatic nitrogens is 2. The van der Waals surface area contributed by atoms with E-state index in [0.29, 0.717) is 16.5 Å². The highest BCUT2D eigenvalue weighted by Gasteiger charge is 2.26. The molecule has 3 nitrogen and oxygen atoms in total. The molecule has 0 saturated heterocycles. The Balaban J connectivity index is 2.00. The van der Waals surface area contributed by atoms with Crippen LogP contribution in [0.5, 0.6) is 0 Å². The Hall–Kier alpha value is -1.74. The van der Waals surface area contributed by atoms with Gasteiger partial charge in [0.1, 0.15) is 5.82 Å². The molecule has 18 heavy (non-hydrogen) atoms. The van der Waals surface area contributed by atoms with E-state index >= 15 is 0 Å². The largest absolute Gasteiger partial charge is 0.298 e. The van der Waals surface area contributed by atoms with Crippen molar-refractivity contribution in [2.75, 3.05) is 0 Å². The maximum Gasteiger partial charge on any atom is 0.150 e. The summed E-state index contributed by atoms with van der Waals surface area (Å²) in [6.07, 6.45) is 6.71. The number of hydrogen-bond donors (Lipinski definition) is 0. The van der Waals surface area contributed by atoms with Crippen LogP contribution in [0.15, 0.2) is 30.6 Å².